The van der Waals surface area contributed by atoms with Crippen LogP contribution in [0.3, 0.4) is 0 Å². The summed E-state index contributed by atoms with van der Waals surface area (Å²) in [6.45, 7) is 3.69. The molecule has 114 valence electrons. The van der Waals surface area contributed by atoms with Crippen molar-refractivity contribution in [3.63, 3.8) is 0 Å². The van der Waals surface area contributed by atoms with E-state index in [9.17, 15) is 14.9 Å². The quantitative estimate of drug-likeness (QED) is 0.640. The lowest BCUT2D eigenvalue weighted by Gasteiger charge is -2.16. The largest absolute Gasteiger partial charge is 0.487 e. The highest BCUT2D eigenvalue weighted by Gasteiger charge is 2.23. The summed E-state index contributed by atoms with van der Waals surface area (Å²) in [6.07, 6.45) is 2.04. The van der Waals surface area contributed by atoms with Gasteiger partial charge in [-0.15, -0.1) is 0 Å². The molecule has 1 aliphatic heterocycles. The number of para-hydroxylation sites is 1. The second kappa shape index (κ2) is 6.92. The first-order valence-electron chi connectivity index (χ1n) is 7.05. The summed E-state index contributed by atoms with van der Waals surface area (Å²) < 4.78 is 5.27. The molecule has 7 nitrogen and oxygen atoms in total. The van der Waals surface area contributed by atoms with Gasteiger partial charge in [0.1, 0.15) is 5.69 Å². The number of carbonyl (C=O) groups is 1. The molecule has 0 bridgehead atoms. The summed E-state index contributed by atoms with van der Waals surface area (Å²) in [5, 5.41) is 14.1. The van der Waals surface area contributed by atoms with Crippen LogP contribution in [0.1, 0.15) is 19.8 Å². The Balaban J connectivity index is 2.09. The molecule has 7 heteroatoms. The number of rotatable bonds is 6. The zero-order chi connectivity index (χ0) is 15.2. The Hall–Kier alpha value is -2.31. The minimum Gasteiger partial charge on any atom is -0.487 e. The number of amides is 1. The number of anilines is 1. The molecule has 0 atom stereocenters. The summed E-state index contributed by atoms with van der Waals surface area (Å²) in [5.41, 5.74) is 0.173. The van der Waals surface area contributed by atoms with E-state index in [4.69, 9.17) is 4.74 Å². The number of carbonyl (C=O) groups excluding carboxylic acids is 1. The summed E-state index contributed by atoms with van der Waals surface area (Å²) >= 11 is 0. The van der Waals surface area contributed by atoms with E-state index in [2.05, 4.69) is 5.32 Å². The topological polar surface area (TPSA) is 84.7 Å². The van der Waals surface area contributed by atoms with Crippen LogP contribution >= 0.6 is 0 Å². The van der Waals surface area contributed by atoms with E-state index >= 15 is 0 Å². The van der Waals surface area contributed by atoms with Gasteiger partial charge in [0, 0.05) is 13.1 Å². The van der Waals surface area contributed by atoms with Gasteiger partial charge in [0.25, 0.3) is 0 Å². The van der Waals surface area contributed by atoms with Crippen molar-refractivity contribution in [1.82, 2.24) is 4.90 Å². The third-order valence-electron chi connectivity index (χ3n) is 3.37. The average molecular weight is 293 g/mol. The van der Waals surface area contributed by atoms with Crippen molar-refractivity contribution in [2.75, 3.05) is 31.6 Å². The number of likely N-dealkylation sites (tertiary alicyclic amines) is 1. The van der Waals surface area contributed by atoms with Crippen molar-refractivity contribution in [2.45, 2.75) is 19.8 Å². The van der Waals surface area contributed by atoms with Gasteiger partial charge < -0.3 is 15.0 Å². The fourth-order valence-corrected chi connectivity index (χ4v) is 2.37. The second-order valence-corrected chi connectivity index (χ2v) is 4.78. The van der Waals surface area contributed by atoms with Crippen LogP contribution in [0.15, 0.2) is 18.2 Å². The SMILES string of the molecule is CCOc1cccc(NCC(=O)N2CCCC2)c1[N+](=O)[O-]. The number of nitro benzene ring substituents is 1. The van der Waals surface area contributed by atoms with E-state index in [1.807, 2.05) is 0 Å². The number of ether oxygens (including phenoxy) is 1. The number of nitrogens with one attached hydrogen (secondary N) is 1. The Kier molecular flexibility index (Phi) is 4.97. The molecule has 2 rings (SSSR count). The molecule has 0 saturated carbocycles. The van der Waals surface area contributed by atoms with Crippen LogP contribution in [0.25, 0.3) is 0 Å². The number of benzene rings is 1. The van der Waals surface area contributed by atoms with Crippen LogP contribution in [0.5, 0.6) is 5.75 Å². The van der Waals surface area contributed by atoms with Crippen molar-refractivity contribution in [2.24, 2.45) is 0 Å². The second-order valence-electron chi connectivity index (χ2n) is 4.78. The first-order valence-corrected chi connectivity index (χ1v) is 7.05. The molecule has 0 radical (unpaired) electrons. The highest BCUT2D eigenvalue weighted by Crippen LogP contribution is 2.34. The molecule has 1 saturated heterocycles. The van der Waals surface area contributed by atoms with Crippen molar-refractivity contribution < 1.29 is 14.5 Å². The minimum absolute atomic E-state index is 0.0383. The average Bonchev–Trinajstić information content (AvgIpc) is 2.99. The summed E-state index contributed by atoms with van der Waals surface area (Å²) in [7, 11) is 0. The third-order valence-corrected chi connectivity index (χ3v) is 3.37. The van der Waals surface area contributed by atoms with Gasteiger partial charge in [0.15, 0.2) is 5.75 Å². The fourth-order valence-electron chi connectivity index (χ4n) is 2.37. The summed E-state index contributed by atoms with van der Waals surface area (Å²) in [6, 6.07) is 4.80. The van der Waals surface area contributed by atoms with Crippen LogP contribution in [0, 0.1) is 10.1 Å². The van der Waals surface area contributed by atoms with Crippen LogP contribution in [-0.4, -0.2) is 42.0 Å². The zero-order valence-corrected chi connectivity index (χ0v) is 12.0. The first kappa shape index (κ1) is 15.1. The smallest absolute Gasteiger partial charge is 0.333 e. The molecule has 0 aliphatic carbocycles. The van der Waals surface area contributed by atoms with E-state index in [1.54, 1.807) is 30.0 Å². The first-order chi connectivity index (χ1) is 10.1. The molecule has 1 aromatic carbocycles. The monoisotopic (exact) mass is 293 g/mol. The lowest BCUT2D eigenvalue weighted by atomic mass is 10.2. The maximum atomic E-state index is 12.0. The Bertz CT molecular complexity index is 527. The van der Waals surface area contributed by atoms with Gasteiger partial charge in [-0.25, -0.2) is 0 Å². The van der Waals surface area contributed by atoms with Crippen LogP contribution in [-0.2, 0) is 4.79 Å². The van der Waals surface area contributed by atoms with Crippen LogP contribution < -0.4 is 10.1 Å². The molecule has 1 fully saturated rings. The highest BCUT2D eigenvalue weighted by molar-refractivity contribution is 5.82. The van der Waals surface area contributed by atoms with Gasteiger partial charge in [-0.3, -0.25) is 14.9 Å². The molecular weight excluding hydrogens is 274 g/mol. The van der Waals surface area contributed by atoms with E-state index in [0.717, 1.165) is 25.9 Å². The molecule has 0 aromatic heterocycles. The molecule has 1 N–H and O–H groups in total. The van der Waals surface area contributed by atoms with Crippen LogP contribution in [0.2, 0.25) is 0 Å². The Morgan fingerprint density at radius 1 is 1.43 bits per heavy atom. The Labute approximate surface area is 123 Å². The Morgan fingerprint density at radius 3 is 2.76 bits per heavy atom. The molecule has 1 heterocycles. The van der Waals surface area contributed by atoms with Crippen LogP contribution in [0.4, 0.5) is 11.4 Å². The van der Waals surface area contributed by atoms with E-state index in [-0.39, 0.29) is 23.9 Å². The van der Waals surface area contributed by atoms with Crippen molar-refractivity contribution in [3.05, 3.63) is 28.3 Å². The van der Waals surface area contributed by atoms with Gasteiger partial charge >= 0.3 is 5.69 Å². The van der Waals surface area contributed by atoms with Gasteiger partial charge in [-0.2, -0.15) is 0 Å². The van der Waals surface area contributed by atoms with Crippen molar-refractivity contribution in [3.8, 4) is 5.75 Å². The normalized spacial score (nSPS) is 14.0. The molecule has 21 heavy (non-hydrogen) atoms. The molecule has 0 spiro atoms. The van der Waals surface area contributed by atoms with E-state index in [1.165, 1.54) is 0 Å². The highest BCUT2D eigenvalue weighted by atomic mass is 16.6. The van der Waals surface area contributed by atoms with Gasteiger partial charge in [0.2, 0.25) is 5.91 Å². The lowest BCUT2D eigenvalue weighted by Crippen LogP contribution is -2.33. The zero-order valence-electron chi connectivity index (χ0n) is 12.0. The van der Waals surface area contributed by atoms with Gasteiger partial charge in [-0.05, 0) is 31.9 Å². The molecule has 1 amide bonds. The summed E-state index contributed by atoms with van der Waals surface area (Å²) in [4.78, 5) is 24.5. The predicted octanol–water partition coefficient (Wildman–Crippen LogP) is 2.03. The molecular formula is C14H19N3O4. The predicted molar refractivity (Wildman–Crippen MR) is 78.6 cm³/mol. The molecule has 1 aliphatic rings. The van der Waals surface area contributed by atoms with Crippen molar-refractivity contribution >= 4 is 17.3 Å². The number of hydrogen-bond acceptors (Lipinski definition) is 5. The standard InChI is InChI=1S/C14H19N3O4/c1-2-21-12-7-5-6-11(14(12)17(19)20)15-10-13(18)16-8-3-4-9-16/h5-7,15H,2-4,8-10H2,1H3. The summed E-state index contributed by atoms with van der Waals surface area (Å²) in [5.74, 6) is 0.171. The van der Waals surface area contributed by atoms with Gasteiger partial charge in [0.05, 0.1) is 18.1 Å². The molecule has 1 aromatic rings. The third kappa shape index (κ3) is 3.62. The van der Waals surface area contributed by atoms with Crippen molar-refractivity contribution in [1.29, 1.82) is 0 Å². The lowest BCUT2D eigenvalue weighted by molar-refractivity contribution is -0.384. The maximum absolute atomic E-state index is 12.0. The number of hydrogen-bond donors (Lipinski definition) is 1. The fraction of sp³-hybridized carbons (Fsp3) is 0.500. The van der Waals surface area contributed by atoms with E-state index < -0.39 is 4.92 Å². The number of nitro groups is 1. The Morgan fingerprint density at radius 2 is 2.14 bits per heavy atom. The van der Waals surface area contributed by atoms with Gasteiger partial charge in [-0.1, -0.05) is 6.07 Å². The number of nitrogens with zero attached hydrogens (tertiary/aromatic N) is 2. The van der Waals surface area contributed by atoms with E-state index in [0.29, 0.717) is 12.3 Å². The molecule has 0 unspecified atom stereocenters. The minimum atomic E-state index is -0.492. The maximum Gasteiger partial charge on any atom is 0.333 e.